The second-order valence-corrected chi connectivity index (χ2v) is 7.23. The van der Waals surface area contributed by atoms with Crippen LogP contribution in [0.25, 0.3) is 0 Å². The molecule has 0 aromatic rings. The van der Waals surface area contributed by atoms with Crippen LogP contribution in [0, 0.1) is 23.7 Å². The second kappa shape index (κ2) is 4.51. The maximum Gasteiger partial charge on any atom is 0.260 e. The Kier molecular flexibility index (Phi) is 3.03. The molecule has 5 fully saturated rings. The van der Waals surface area contributed by atoms with Gasteiger partial charge in [-0.15, -0.1) is 0 Å². The van der Waals surface area contributed by atoms with E-state index < -0.39 is 17.7 Å². The van der Waals surface area contributed by atoms with E-state index in [-0.39, 0.29) is 17.6 Å². The molecule has 1 aliphatic carbocycles. The van der Waals surface area contributed by atoms with Crippen molar-refractivity contribution in [1.29, 1.82) is 0 Å². The molecule has 5 aliphatic rings. The molecular formula is C16H24O5. The highest BCUT2D eigenvalue weighted by Crippen LogP contribution is 2.59. The smallest absolute Gasteiger partial charge is 0.260 e. The lowest BCUT2D eigenvalue weighted by Crippen LogP contribution is -2.67. The zero-order valence-corrected chi connectivity index (χ0v) is 13.0. The number of carbonyl (C=O) groups is 1. The van der Waals surface area contributed by atoms with E-state index in [2.05, 4.69) is 13.8 Å². The third-order valence-electron chi connectivity index (χ3n) is 6.18. The van der Waals surface area contributed by atoms with Crippen molar-refractivity contribution < 1.29 is 24.0 Å². The summed E-state index contributed by atoms with van der Waals surface area (Å²) in [6.07, 6.45) is 3.48. The molecule has 7 unspecified atom stereocenters. The highest BCUT2D eigenvalue weighted by molar-refractivity contribution is 5.88. The average molecular weight is 296 g/mol. The minimum atomic E-state index is -1.32. The van der Waals surface area contributed by atoms with Gasteiger partial charge in [0, 0.05) is 18.8 Å². The van der Waals surface area contributed by atoms with Crippen molar-refractivity contribution in [2.24, 2.45) is 23.7 Å². The zero-order chi connectivity index (χ0) is 14.8. The Morgan fingerprint density at radius 2 is 2.05 bits per heavy atom. The Bertz CT molecular complexity index is 466. The number of Topliss-reactive ketones (excluding diaryl/α,β-unsaturated/α-hetero) is 1. The summed E-state index contributed by atoms with van der Waals surface area (Å²) < 4.78 is 11.9. The first-order valence-corrected chi connectivity index (χ1v) is 8.23. The largest absolute Gasteiger partial charge is 0.349 e. The monoisotopic (exact) mass is 296 g/mol. The number of fused-ring (bicyclic) bond motifs is 2. The zero-order valence-electron chi connectivity index (χ0n) is 13.0. The molecule has 0 aromatic carbocycles. The predicted molar refractivity (Wildman–Crippen MR) is 72.9 cm³/mol. The fourth-order valence-electron chi connectivity index (χ4n) is 5.17. The molecule has 4 saturated heterocycles. The van der Waals surface area contributed by atoms with Crippen LogP contribution in [-0.2, 0) is 24.0 Å². The van der Waals surface area contributed by atoms with E-state index in [0.29, 0.717) is 18.4 Å². The van der Waals surface area contributed by atoms with Crippen LogP contribution in [0.4, 0.5) is 0 Å². The van der Waals surface area contributed by atoms with Crippen molar-refractivity contribution in [3.8, 4) is 0 Å². The van der Waals surface area contributed by atoms with Crippen LogP contribution in [0.3, 0.4) is 0 Å². The van der Waals surface area contributed by atoms with Crippen LogP contribution >= 0.6 is 0 Å². The van der Waals surface area contributed by atoms with Crippen molar-refractivity contribution in [3.05, 3.63) is 0 Å². The van der Waals surface area contributed by atoms with Gasteiger partial charge in [-0.3, -0.25) is 4.79 Å². The standard InChI is InChI=1S/C16H24O5/c1-4-11-12-9(2)5-6-10-7-8-18-14-16(10,12)21-20-15(3,19-14)13(11)17/h9-12,14H,4-8H2,1-3H3. The quantitative estimate of drug-likeness (QED) is 0.696. The maximum absolute atomic E-state index is 13.0. The highest BCUT2D eigenvalue weighted by atomic mass is 17.3. The van der Waals surface area contributed by atoms with Gasteiger partial charge in [-0.25, -0.2) is 4.89 Å². The SMILES string of the molecule is CCC1C(=O)C2(C)OOC34C(CCOC3O2)CCC(C)C14. The minimum absolute atomic E-state index is 0.0115. The van der Waals surface area contributed by atoms with Crippen molar-refractivity contribution in [2.45, 2.75) is 64.1 Å². The Balaban J connectivity index is 1.89. The molecule has 1 spiro atoms. The van der Waals surface area contributed by atoms with E-state index in [4.69, 9.17) is 19.2 Å². The van der Waals surface area contributed by atoms with E-state index in [1.54, 1.807) is 6.92 Å². The first-order valence-electron chi connectivity index (χ1n) is 8.23. The summed E-state index contributed by atoms with van der Waals surface area (Å²) in [7, 11) is 0. The van der Waals surface area contributed by atoms with Crippen LogP contribution in [0.15, 0.2) is 0 Å². The molecule has 21 heavy (non-hydrogen) atoms. The van der Waals surface area contributed by atoms with Crippen LogP contribution in [-0.4, -0.2) is 30.1 Å². The van der Waals surface area contributed by atoms with Gasteiger partial charge in [0.25, 0.3) is 5.79 Å². The molecule has 118 valence electrons. The average Bonchev–Trinajstić information content (AvgIpc) is 2.63. The van der Waals surface area contributed by atoms with E-state index in [0.717, 1.165) is 25.7 Å². The van der Waals surface area contributed by atoms with E-state index >= 15 is 0 Å². The van der Waals surface area contributed by atoms with Gasteiger partial charge >= 0.3 is 0 Å². The van der Waals surface area contributed by atoms with Crippen LogP contribution in [0.1, 0.15) is 46.5 Å². The first-order chi connectivity index (χ1) is 10.0. The topological polar surface area (TPSA) is 54.0 Å². The van der Waals surface area contributed by atoms with E-state index in [1.165, 1.54) is 0 Å². The molecular weight excluding hydrogens is 272 g/mol. The molecule has 4 aliphatic heterocycles. The number of hydrogen-bond acceptors (Lipinski definition) is 5. The summed E-state index contributed by atoms with van der Waals surface area (Å²) in [5.41, 5.74) is -0.609. The second-order valence-electron chi connectivity index (χ2n) is 7.23. The van der Waals surface area contributed by atoms with Gasteiger partial charge in [0.15, 0.2) is 17.7 Å². The lowest BCUT2D eigenvalue weighted by molar-refractivity contribution is -0.554. The van der Waals surface area contributed by atoms with Crippen LogP contribution in [0.5, 0.6) is 0 Å². The Hall–Kier alpha value is -0.490. The number of rotatable bonds is 1. The normalized spacial score (nSPS) is 56.0. The molecule has 5 nitrogen and oxygen atoms in total. The molecule has 5 rings (SSSR count). The lowest BCUT2D eigenvalue weighted by Gasteiger charge is -2.57. The molecule has 7 atom stereocenters. The first kappa shape index (κ1) is 14.1. The highest BCUT2D eigenvalue weighted by Gasteiger charge is 2.71. The Morgan fingerprint density at radius 1 is 1.24 bits per heavy atom. The van der Waals surface area contributed by atoms with Crippen molar-refractivity contribution in [3.63, 3.8) is 0 Å². The van der Waals surface area contributed by atoms with Gasteiger partial charge in [0.05, 0.1) is 6.61 Å². The summed E-state index contributed by atoms with van der Waals surface area (Å²) in [5, 5.41) is 0. The lowest BCUT2D eigenvalue weighted by atomic mass is 9.57. The summed E-state index contributed by atoms with van der Waals surface area (Å²) in [4.78, 5) is 24.4. The fraction of sp³-hybridized carbons (Fsp3) is 0.938. The number of ether oxygens (including phenoxy) is 2. The molecule has 4 heterocycles. The molecule has 1 saturated carbocycles. The molecule has 2 bridgehead atoms. The third-order valence-corrected chi connectivity index (χ3v) is 6.18. The van der Waals surface area contributed by atoms with E-state index in [9.17, 15) is 4.79 Å². The Morgan fingerprint density at radius 3 is 2.81 bits per heavy atom. The predicted octanol–water partition coefficient (Wildman–Crippen LogP) is 2.44. The van der Waals surface area contributed by atoms with E-state index in [1.807, 2.05) is 0 Å². The van der Waals surface area contributed by atoms with Gasteiger partial charge in [0.1, 0.15) is 0 Å². The summed E-state index contributed by atoms with van der Waals surface area (Å²) in [6.45, 7) is 6.63. The van der Waals surface area contributed by atoms with Gasteiger partial charge < -0.3 is 9.47 Å². The summed E-state index contributed by atoms with van der Waals surface area (Å²) in [5.74, 6) is -0.521. The molecule has 0 amide bonds. The summed E-state index contributed by atoms with van der Waals surface area (Å²) >= 11 is 0. The summed E-state index contributed by atoms with van der Waals surface area (Å²) in [6, 6.07) is 0. The van der Waals surface area contributed by atoms with Gasteiger partial charge in [-0.05, 0) is 37.5 Å². The van der Waals surface area contributed by atoms with Crippen molar-refractivity contribution in [2.75, 3.05) is 6.61 Å². The molecule has 5 heteroatoms. The number of hydrogen-bond donors (Lipinski definition) is 0. The van der Waals surface area contributed by atoms with Crippen molar-refractivity contribution in [1.82, 2.24) is 0 Å². The van der Waals surface area contributed by atoms with Gasteiger partial charge in [-0.1, -0.05) is 13.8 Å². The minimum Gasteiger partial charge on any atom is -0.349 e. The van der Waals surface area contributed by atoms with Crippen molar-refractivity contribution >= 4 is 5.78 Å². The Labute approximate surface area is 125 Å². The molecule has 0 radical (unpaired) electrons. The third kappa shape index (κ3) is 1.63. The van der Waals surface area contributed by atoms with Crippen LogP contribution in [0.2, 0.25) is 0 Å². The molecule has 0 N–H and O–H groups in total. The number of ketones is 1. The molecule has 0 aromatic heterocycles. The maximum atomic E-state index is 13.0. The fourth-order valence-corrected chi connectivity index (χ4v) is 5.17. The van der Waals surface area contributed by atoms with Gasteiger partial charge in [0.2, 0.25) is 0 Å². The van der Waals surface area contributed by atoms with Gasteiger partial charge in [-0.2, -0.15) is 4.89 Å². The van der Waals surface area contributed by atoms with Crippen LogP contribution < -0.4 is 0 Å². The number of carbonyl (C=O) groups excluding carboxylic acids is 1.